The Morgan fingerprint density at radius 3 is 2.21 bits per heavy atom. The van der Waals surface area contributed by atoms with E-state index in [9.17, 15) is 23.5 Å². The molecule has 0 aromatic heterocycles. The predicted octanol–water partition coefficient (Wildman–Crippen LogP) is 5.10. The molecular formula is C25H19ClF2N2O3. The monoisotopic (exact) mass is 468 g/mol. The molecule has 5 nitrogen and oxygen atoms in total. The van der Waals surface area contributed by atoms with Gasteiger partial charge >= 0.3 is 0 Å². The Kier molecular flexibility index (Phi) is 6.26. The predicted molar refractivity (Wildman–Crippen MR) is 124 cm³/mol. The lowest BCUT2D eigenvalue weighted by atomic mass is 9.96. The molecule has 2 atom stereocenters. The molecule has 4 rings (SSSR count). The number of aromatic hydroxyl groups is 1. The largest absolute Gasteiger partial charge is 0.502 e. The molecule has 0 fully saturated rings. The lowest BCUT2D eigenvalue weighted by Crippen LogP contribution is -2.32. The lowest BCUT2D eigenvalue weighted by molar-refractivity contribution is 0.466. The minimum atomic E-state index is -0.928. The van der Waals surface area contributed by atoms with Gasteiger partial charge in [-0.3, -0.25) is 14.9 Å². The first kappa shape index (κ1) is 22.6. The number of rotatable bonds is 7. The van der Waals surface area contributed by atoms with Crippen molar-refractivity contribution in [3.8, 4) is 5.75 Å². The van der Waals surface area contributed by atoms with Gasteiger partial charge in [-0.2, -0.15) is 0 Å². The van der Waals surface area contributed by atoms with Crippen molar-refractivity contribution in [2.75, 3.05) is 5.32 Å². The molecular weight excluding hydrogens is 450 g/mol. The van der Waals surface area contributed by atoms with E-state index in [-0.39, 0.29) is 17.8 Å². The molecule has 0 aliphatic carbocycles. The number of hydrogen-bond acceptors (Lipinski definition) is 5. The maximum atomic E-state index is 13.8. The highest BCUT2D eigenvalue weighted by Crippen LogP contribution is 2.30. The standard InChI is InChI=1S/C25H19ClF2N2O3/c1-13(15-7-10-19(27)20(28)12-15)29-21(14-5-8-17(26)9-6-14)16-3-2-4-18(11-16)30-22-23(31)25(33)24(22)32/h2-13,21,29-31H,1H3. The van der Waals surface area contributed by atoms with E-state index >= 15 is 0 Å². The Bertz CT molecular complexity index is 1380. The number of anilines is 2. The number of hydrogen-bond donors (Lipinski definition) is 3. The second-order valence-corrected chi connectivity index (χ2v) is 8.12. The van der Waals surface area contributed by atoms with Crippen LogP contribution in [0.25, 0.3) is 0 Å². The molecule has 0 heterocycles. The second kappa shape index (κ2) is 9.13. The highest BCUT2D eigenvalue weighted by molar-refractivity contribution is 6.30. The Balaban J connectivity index is 1.68. The highest BCUT2D eigenvalue weighted by atomic mass is 35.5. The second-order valence-electron chi connectivity index (χ2n) is 7.68. The lowest BCUT2D eigenvalue weighted by Gasteiger charge is -2.25. The van der Waals surface area contributed by atoms with Crippen LogP contribution in [0.2, 0.25) is 5.02 Å². The summed E-state index contributed by atoms with van der Waals surface area (Å²) in [6.07, 6.45) is 0. The molecule has 0 saturated carbocycles. The van der Waals surface area contributed by atoms with Crippen LogP contribution < -0.4 is 21.5 Å². The van der Waals surface area contributed by atoms with Crippen molar-refractivity contribution >= 4 is 23.0 Å². The summed E-state index contributed by atoms with van der Waals surface area (Å²) < 4.78 is 27.1. The number of nitrogens with one attached hydrogen (secondary N) is 2. The molecule has 0 amide bonds. The van der Waals surface area contributed by atoms with Gasteiger partial charge in [-0.25, -0.2) is 8.78 Å². The SMILES string of the molecule is CC(NC(c1ccc(Cl)cc1)c1cccc(Nc2c(O)c(=O)c2=O)c1)c1ccc(F)c(F)c1. The third-order valence-corrected chi connectivity index (χ3v) is 5.69. The molecule has 168 valence electrons. The van der Waals surface area contributed by atoms with Crippen LogP contribution in [0.4, 0.5) is 20.2 Å². The normalized spacial score (nSPS) is 13.1. The first-order valence-corrected chi connectivity index (χ1v) is 10.5. The summed E-state index contributed by atoms with van der Waals surface area (Å²) in [6, 6.07) is 17.3. The minimum absolute atomic E-state index is 0.150. The summed E-state index contributed by atoms with van der Waals surface area (Å²) in [4.78, 5) is 23.0. The Labute approximate surface area is 193 Å². The average molecular weight is 469 g/mol. The maximum Gasteiger partial charge on any atom is 0.271 e. The third-order valence-electron chi connectivity index (χ3n) is 5.44. The zero-order chi connectivity index (χ0) is 23.7. The molecule has 0 spiro atoms. The van der Waals surface area contributed by atoms with Crippen LogP contribution in [0.5, 0.6) is 5.75 Å². The molecule has 0 bridgehead atoms. The fourth-order valence-electron chi connectivity index (χ4n) is 3.60. The molecule has 0 aliphatic heterocycles. The topological polar surface area (TPSA) is 78.4 Å². The maximum absolute atomic E-state index is 13.8. The van der Waals surface area contributed by atoms with Crippen LogP contribution in [0.1, 0.15) is 35.7 Å². The van der Waals surface area contributed by atoms with E-state index in [1.807, 2.05) is 25.1 Å². The van der Waals surface area contributed by atoms with Gasteiger partial charge in [0, 0.05) is 16.8 Å². The fraction of sp³-hybridized carbons (Fsp3) is 0.120. The summed E-state index contributed by atoms with van der Waals surface area (Å²) in [5, 5.41) is 16.4. The van der Waals surface area contributed by atoms with E-state index in [0.29, 0.717) is 16.3 Å². The van der Waals surface area contributed by atoms with Crippen molar-refractivity contribution in [2.24, 2.45) is 0 Å². The van der Waals surface area contributed by atoms with Gasteiger partial charge < -0.3 is 10.4 Å². The van der Waals surface area contributed by atoms with Gasteiger partial charge in [-0.05, 0) is 60.0 Å². The first-order chi connectivity index (χ1) is 15.7. The van der Waals surface area contributed by atoms with Crippen molar-refractivity contribution in [3.63, 3.8) is 0 Å². The van der Waals surface area contributed by atoms with Crippen LogP contribution in [-0.2, 0) is 0 Å². The van der Waals surface area contributed by atoms with Crippen LogP contribution in [0.3, 0.4) is 0 Å². The van der Waals surface area contributed by atoms with Gasteiger partial charge in [-0.15, -0.1) is 0 Å². The first-order valence-electron chi connectivity index (χ1n) is 10.1. The van der Waals surface area contributed by atoms with E-state index in [1.165, 1.54) is 6.07 Å². The summed E-state index contributed by atoms with van der Waals surface area (Å²) in [5.41, 5.74) is 0.861. The zero-order valence-corrected chi connectivity index (χ0v) is 18.2. The molecule has 4 aromatic rings. The zero-order valence-electron chi connectivity index (χ0n) is 17.4. The summed E-state index contributed by atoms with van der Waals surface area (Å²) in [6.45, 7) is 1.83. The Morgan fingerprint density at radius 2 is 1.55 bits per heavy atom. The summed E-state index contributed by atoms with van der Waals surface area (Å²) in [5.74, 6) is -2.44. The van der Waals surface area contributed by atoms with Gasteiger partial charge in [0.05, 0.1) is 6.04 Å². The van der Waals surface area contributed by atoms with Crippen LogP contribution in [0, 0.1) is 11.6 Å². The summed E-state index contributed by atoms with van der Waals surface area (Å²) in [7, 11) is 0. The van der Waals surface area contributed by atoms with Gasteiger partial charge in [0.1, 0.15) is 5.69 Å². The molecule has 8 heteroatoms. The van der Waals surface area contributed by atoms with E-state index in [1.54, 1.807) is 30.3 Å². The fourth-order valence-corrected chi connectivity index (χ4v) is 3.73. The Morgan fingerprint density at radius 1 is 0.848 bits per heavy atom. The molecule has 0 aliphatic rings. The molecule has 3 N–H and O–H groups in total. The van der Waals surface area contributed by atoms with Crippen LogP contribution >= 0.6 is 11.6 Å². The van der Waals surface area contributed by atoms with Gasteiger partial charge in [0.15, 0.2) is 17.4 Å². The van der Waals surface area contributed by atoms with Crippen molar-refractivity contribution in [3.05, 3.63) is 121 Å². The van der Waals surface area contributed by atoms with Crippen molar-refractivity contribution in [2.45, 2.75) is 19.0 Å². The Hall–Kier alpha value is -3.55. The van der Waals surface area contributed by atoms with Gasteiger partial charge in [-0.1, -0.05) is 41.9 Å². The van der Waals surface area contributed by atoms with Gasteiger partial charge in [0.2, 0.25) is 0 Å². The van der Waals surface area contributed by atoms with E-state index in [2.05, 4.69) is 10.6 Å². The molecule has 4 aromatic carbocycles. The number of halogens is 3. The highest BCUT2D eigenvalue weighted by Gasteiger charge is 2.22. The number of benzene rings is 3. The van der Waals surface area contributed by atoms with Gasteiger partial charge in [0.25, 0.3) is 10.9 Å². The average Bonchev–Trinajstić information content (AvgIpc) is 2.82. The quantitative estimate of drug-likeness (QED) is 0.329. The van der Waals surface area contributed by atoms with E-state index in [0.717, 1.165) is 23.3 Å². The smallest absolute Gasteiger partial charge is 0.271 e. The molecule has 2 unspecified atom stereocenters. The molecule has 0 saturated heterocycles. The molecule has 33 heavy (non-hydrogen) atoms. The van der Waals surface area contributed by atoms with Crippen molar-refractivity contribution < 1.29 is 13.9 Å². The van der Waals surface area contributed by atoms with Crippen LogP contribution in [0.15, 0.2) is 76.3 Å². The van der Waals surface area contributed by atoms with E-state index in [4.69, 9.17) is 11.6 Å². The molecule has 0 radical (unpaired) electrons. The minimum Gasteiger partial charge on any atom is -0.502 e. The van der Waals surface area contributed by atoms with Crippen molar-refractivity contribution in [1.82, 2.24) is 5.32 Å². The van der Waals surface area contributed by atoms with Crippen LogP contribution in [-0.4, -0.2) is 5.11 Å². The summed E-state index contributed by atoms with van der Waals surface area (Å²) >= 11 is 6.04. The van der Waals surface area contributed by atoms with Crippen molar-refractivity contribution in [1.29, 1.82) is 0 Å². The van der Waals surface area contributed by atoms with E-state index < -0.39 is 28.2 Å². The third kappa shape index (κ3) is 4.65.